The minimum absolute atomic E-state index is 0.240. The zero-order valence-corrected chi connectivity index (χ0v) is 17.5. The molecule has 2 heteroatoms. The van der Waals surface area contributed by atoms with Crippen LogP contribution in [-0.2, 0) is 0 Å². The monoisotopic (exact) mass is 415 g/mol. The molecule has 0 N–H and O–H groups in total. The van der Waals surface area contributed by atoms with E-state index in [-0.39, 0.29) is 5.82 Å². The lowest BCUT2D eigenvalue weighted by atomic mass is 10.0. The van der Waals surface area contributed by atoms with Crippen LogP contribution in [0.1, 0.15) is 0 Å². The number of anilines is 3. The maximum absolute atomic E-state index is 15.2. The number of rotatable bonds is 5. The Morgan fingerprint density at radius 3 is 1.47 bits per heavy atom. The second-order valence-corrected chi connectivity index (χ2v) is 7.61. The van der Waals surface area contributed by atoms with Gasteiger partial charge in [0.25, 0.3) is 0 Å². The molecule has 32 heavy (non-hydrogen) atoms. The topological polar surface area (TPSA) is 3.24 Å². The summed E-state index contributed by atoms with van der Waals surface area (Å²) in [5, 5.41) is 0. The second kappa shape index (κ2) is 8.91. The van der Waals surface area contributed by atoms with Gasteiger partial charge < -0.3 is 4.90 Å². The zero-order valence-electron chi connectivity index (χ0n) is 17.5. The quantitative estimate of drug-likeness (QED) is 0.278. The fraction of sp³-hybridized carbons (Fsp3) is 0. The standard InChI is InChI=1S/C30H22FN/c31-30-22-28(20-21-29(30)25-12-6-2-7-13-25)32(26-14-8-3-9-15-26)27-18-16-24(17-19-27)23-10-4-1-5-11-23/h1-22H. The summed E-state index contributed by atoms with van der Waals surface area (Å²) in [4.78, 5) is 2.08. The molecule has 5 aromatic rings. The molecule has 5 rings (SSSR count). The number of halogens is 1. The summed E-state index contributed by atoms with van der Waals surface area (Å²) in [5.41, 5.74) is 6.52. The maximum Gasteiger partial charge on any atom is 0.133 e. The molecule has 0 atom stereocenters. The van der Waals surface area contributed by atoms with E-state index >= 15 is 4.39 Å². The first-order valence-electron chi connectivity index (χ1n) is 10.7. The van der Waals surface area contributed by atoms with E-state index in [1.165, 1.54) is 5.56 Å². The predicted octanol–water partition coefficient (Wildman–Crippen LogP) is 8.63. The average molecular weight is 416 g/mol. The predicted molar refractivity (Wildman–Crippen MR) is 132 cm³/mol. The van der Waals surface area contributed by atoms with Crippen LogP contribution in [0.3, 0.4) is 0 Å². The van der Waals surface area contributed by atoms with Gasteiger partial charge in [0.2, 0.25) is 0 Å². The van der Waals surface area contributed by atoms with Crippen LogP contribution in [0.15, 0.2) is 133 Å². The van der Waals surface area contributed by atoms with E-state index in [0.717, 1.165) is 28.2 Å². The fourth-order valence-electron chi connectivity index (χ4n) is 3.95. The van der Waals surface area contributed by atoms with Gasteiger partial charge >= 0.3 is 0 Å². The lowest BCUT2D eigenvalue weighted by molar-refractivity contribution is 0.631. The minimum atomic E-state index is -0.240. The SMILES string of the molecule is Fc1cc(N(c2ccccc2)c2ccc(-c3ccccc3)cc2)ccc1-c1ccccc1. The van der Waals surface area contributed by atoms with Gasteiger partial charge in [-0.1, -0.05) is 91.0 Å². The molecule has 5 aromatic carbocycles. The highest BCUT2D eigenvalue weighted by molar-refractivity contribution is 5.79. The van der Waals surface area contributed by atoms with Gasteiger partial charge in [-0.05, 0) is 59.2 Å². The lowest BCUT2D eigenvalue weighted by Crippen LogP contribution is -2.10. The first-order valence-corrected chi connectivity index (χ1v) is 10.7. The van der Waals surface area contributed by atoms with Gasteiger partial charge in [0.1, 0.15) is 5.82 Å². The summed E-state index contributed by atoms with van der Waals surface area (Å²) < 4.78 is 15.2. The molecule has 0 saturated heterocycles. The molecule has 0 saturated carbocycles. The first kappa shape index (κ1) is 19.8. The van der Waals surface area contributed by atoms with Crippen LogP contribution in [0.25, 0.3) is 22.3 Å². The van der Waals surface area contributed by atoms with Crippen molar-refractivity contribution in [2.24, 2.45) is 0 Å². The minimum Gasteiger partial charge on any atom is -0.310 e. The van der Waals surface area contributed by atoms with E-state index < -0.39 is 0 Å². The van der Waals surface area contributed by atoms with Gasteiger partial charge in [0.05, 0.1) is 0 Å². The molecule has 0 bridgehead atoms. The van der Waals surface area contributed by atoms with Gasteiger partial charge in [-0.2, -0.15) is 0 Å². The number of hydrogen-bond donors (Lipinski definition) is 0. The Morgan fingerprint density at radius 2 is 0.875 bits per heavy atom. The van der Waals surface area contributed by atoms with Crippen LogP contribution in [0.4, 0.5) is 21.5 Å². The maximum atomic E-state index is 15.2. The van der Waals surface area contributed by atoms with Gasteiger partial charge in [-0.15, -0.1) is 0 Å². The molecule has 0 aliphatic carbocycles. The smallest absolute Gasteiger partial charge is 0.133 e. The number of para-hydroxylation sites is 1. The van der Waals surface area contributed by atoms with Crippen LogP contribution in [0, 0.1) is 5.82 Å². The summed E-state index contributed by atoms with van der Waals surface area (Å²) >= 11 is 0. The number of hydrogen-bond acceptors (Lipinski definition) is 1. The summed E-state index contributed by atoms with van der Waals surface area (Å²) in [5.74, 6) is -0.240. The van der Waals surface area contributed by atoms with Crippen molar-refractivity contribution in [3.63, 3.8) is 0 Å². The van der Waals surface area contributed by atoms with Gasteiger partial charge in [-0.25, -0.2) is 4.39 Å². The average Bonchev–Trinajstić information content (AvgIpc) is 2.86. The van der Waals surface area contributed by atoms with Crippen LogP contribution < -0.4 is 4.90 Å². The van der Waals surface area contributed by atoms with E-state index in [1.54, 1.807) is 6.07 Å². The van der Waals surface area contributed by atoms with Gasteiger partial charge in [0, 0.05) is 22.6 Å². The second-order valence-electron chi connectivity index (χ2n) is 7.61. The summed E-state index contributed by atoms with van der Waals surface area (Å²) in [6, 6.07) is 43.8. The molecular formula is C30H22FN. The molecule has 0 radical (unpaired) electrons. The molecule has 0 fully saturated rings. The van der Waals surface area contributed by atoms with Crippen molar-refractivity contribution in [2.75, 3.05) is 4.90 Å². The van der Waals surface area contributed by atoms with Crippen LogP contribution in [0.2, 0.25) is 0 Å². The summed E-state index contributed by atoms with van der Waals surface area (Å²) in [7, 11) is 0. The molecule has 1 nitrogen and oxygen atoms in total. The number of nitrogens with zero attached hydrogens (tertiary/aromatic N) is 1. The van der Waals surface area contributed by atoms with E-state index in [2.05, 4.69) is 41.3 Å². The Kier molecular flexibility index (Phi) is 5.50. The Morgan fingerprint density at radius 1 is 0.406 bits per heavy atom. The third kappa shape index (κ3) is 4.03. The zero-order chi connectivity index (χ0) is 21.8. The molecule has 0 aromatic heterocycles. The van der Waals surface area contributed by atoms with E-state index in [9.17, 15) is 0 Å². The van der Waals surface area contributed by atoms with Crippen molar-refractivity contribution in [2.45, 2.75) is 0 Å². The van der Waals surface area contributed by atoms with Crippen LogP contribution in [-0.4, -0.2) is 0 Å². The molecule has 0 amide bonds. The third-order valence-corrected chi connectivity index (χ3v) is 5.54. The lowest BCUT2D eigenvalue weighted by Gasteiger charge is -2.26. The van der Waals surface area contributed by atoms with Gasteiger partial charge in [-0.3, -0.25) is 0 Å². The van der Waals surface area contributed by atoms with Crippen molar-refractivity contribution in [3.8, 4) is 22.3 Å². The van der Waals surface area contributed by atoms with Crippen molar-refractivity contribution >= 4 is 17.1 Å². The number of benzene rings is 5. The Balaban J connectivity index is 1.56. The Bertz CT molecular complexity index is 1300. The van der Waals surface area contributed by atoms with Gasteiger partial charge in [0.15, 0.2) is 0 Å². The van der Waals surface area contributed by atoms with Crippen molar-refractivity contribution in [1.29, 1.82) is 0 Å². The van der Waals surface area contributed by atoms with E-state index in [0.29, 0.717) is 5.56 Å². The highest BCUT2D eigenvalue weighted by atomic mass is 19.1. The highest BCUT2D eigenvalue weighted by Crippen LogP contribution is 2.37. The summed E-state index contributed by atoms with van der Waals surface area (Å²) in [6.07, 6.45) is 0. The molecule has 0 aliphatic heterocycles. The molecule has 154 valence electrons. The normalized spacial score (nSPS) is 10.7. The first-order chi connectivity index (χ1) is 15.8. The molecule has 0 aliphatic rings. The van der Waals surface area contributed by atoms with E-state index in [4.69, 9.17) is 0 Å². The summed E-state index contributed by atoms with van der Waals surface area (Å²) in [6.45, 7) is 0. The van der Waals surface area contributed by atoms with Crippen molar-refractivity contribution in [1.82, 2.24) is 0 Å². The van der Waals surface area contributed by atoms with E-state index in [1.807, 2.05) is 91.0 Å². The fourth-order valence-corrected chi connectivity index (χ4v) is 3.95. The molecule has 0 heterocycles. The van der Waals surface area contributed by atoms with Crippen LogP contribution in [0.5, 0.6) is 0 Å². The van der Waals surface area contributed by atoms with Crippen molar-refractivity contribution < 1.29 is 4.39 Å². The third-order valence-electron chi connectivity index (χ3n) is 5.54. The Hall–Kier alpha value is -4.17. The molecule has 0 unspecified atom stereocenters. The highest BCUT2D eigenvalue weighted by Gasteiger charge is 2.15. The van der Waals surface area contributed by atoms with Crippen LogP contribution >= 0.6 is 0 Å². The Labute approximate surface area is 188 Å². The largest absolute Gasteiger partial charge is 0.310 e. The molecule has 0 spiro atoms. The van der Waals surface area contributed by atoms with Crippen molar-refractivity contribution in [3.05, 3.63) is 139 Å². The molecular weight excluding hydrogens is 393 g/mol.